The van der Waals surface area contributed by atoms with Gasteiger partial charge < -0.3 is 10.6 Å². The Balaban J connectivity index is 0.00000162. The third-order valence-corrected chi connectivity index (χ3v) is 2.56. The van der Waals surface area contributed by atoms with E-state index in [-0.39, 0.29) is 24.0 Å². The third kappa shape index (κ3) is 3.96. The van der Waals surface area contributed by atoms with Gasteiger partial charge in [-0.3, -0.25) is 9.98 Å². The maximum Gasteiger partial charge on any atom is 0.119 e. The lowest BCUT2D eigenvalue weighted by Crippen LogP contribution is -2.49. The van der Waals surface area contributed by atoms with Crippen LogP contribution in [0.3, 0.4) is 0 Å². The van der Waals surface area contributed by atoms with Gasteiger partial charge in [0.1, 0.15) is 5.84 Å². The van der Waals surface area contributed by atoms with Crippen molar-refractivity contribution < 1.29 is 0 Å². The van der Waals surface area contributed by atoms with Gasteiger partial charge in [-0.15, -0.1) is 12.4 Å². The Bertz CT molecular complexity index is 397. The Hall–Kier alpha value is -1.13. The van der Waals surface area contributed by atoms with Crippen molar-refractivity contribution in [3.05, 3.63) is 30.1 Å². The molecule has 2 N–H and O–H groups in total. The highest BCUT2D eigenvalue weighted by atomic mass is 35.5. The molecule has 1 aliphatic rings. The van der Waals surface area contributed by atoms with E-state index in [0.717, 1.165) is 18.9 Å². The normalized spacial score (nSPS) is 19.7. The number of hydrogen-bond donors (Lipinski definition) is 2. The number of nitrogens with zero attached hydrogens (tertiary/aromatic N) is 2. The highest BCUT2D eigenvalue weighted by molar-refractivity contribution is 5.89. The molecule has 0 fully saturated rings. The van der Waals surface area contributed by atoms with Gasteiger partial charge in [0.25, 0.3) is 0 Å². The van der Waals surface area contributed by atoms with Crippen molar-refractivity contribution in [2.24, 2.45) is 4.99 Å². The van der Waals surface area contributed by atoms with E-state index in [1.165, 1.54) is 5.56 Å². The van der Waals surface area contributed by atoms with E-state index in [1.54, 1.807) is 0 Å². The summed E-state index contributed by atoms with van der Waals surface area (Å²) < 4.78 is 0. The largest absolute Gasteiger partial charge is 0.368 e. The second kappa shape index (κ2) is 6.16. The van der Waals surface area contributed by atoms with Crippen LogP contribution in [0.4, 0.5) is 0 Å². The van der Waals surface area contributed by atoms with Crippen LogP contribution in [0.5, 0.6) is 0 Å². The fraction of sp³-hybridized carbons (Fsp3) is 0.538. The van der Waals surface area contributed by atoms with Crippen molar-refractivity contribution in [1.29, 1.82) is 0 Å². The molecule has 0 radical (unpaired) electrons. The SMILES string of the molecule is CC(C)(C)NC1=NCCNC1c1ccncc1.Cl. The molecule has 0 amide bonds. The molecular weight excluding hydrogens is 248 g/mol. The van der Waals surface area contributed by atoms with Gasteiger partial charge in [0.05, 0.1) is 12.6 Å². The summed E-state index contributed by atoms with van der Waals surface area (Å²) in [6, 6.07) is 4.22. The van der Waals surface area contributed by atoms with Gasteiger partial charge in [0, 0.05) is 24.5 Å². The van der Waals surface area contributed by atoms with Crippen LogP contribution in [0, 0.1) is 0 Å². The summed E-state index contributed by atoms with van der Waals surface area (Å²) in [5.41, 5.74) is 1.23. The van der Waals surface area contributed by atoms with Crippen LogP contribution in [0.25, 0.3) is 0 Å². The average molecular weight is 269 g/mol. The minimum absolute atomic E-state index is 0. The quantitative estimate of drug-likeness (QED) is 0.818. The first-order valence-corrected chi connectivity index (χ1v) is 6.02. The molecule has 1 aliphatic heterocycles. The fourth-order valence-electron chi connectivity index (χ4n) is 1.90. The number of halogens is 1. The summed E-state index contributed by atoms with van der Waals surface area (Å²) in [7, 11) is 0. The number of aliphatic imine (C=N–C) groups is 1. The molecule has 0 spiro atoms. The maximum absolute atomic E-state index is 4.60. The van der Waals surface area contributed by atoms with Gasteiger partial charge in [0.15, 0.2) is 0 Å². The van der Waals surface area contributed by atoms with Crippen LogP contribution < -0.4 is 10.6 Å². The lowest BCUT2D eigenvalue weighted by atomic mass is 10.0. The van der Waals surface area contributed by atoms with Gasteiger partial charge >= 0.3 is 0 Å². The third-order valence-electron chi connectivity index (χ3n) is 2.56. The zero-order valence-electron chi connectivity index (χ0n) is 11.1. The molecule has 2 heterocycles. The van der Waals surface area contributed by atoms with E-state index in [2.05, 4.69) is 41.4 Å². The summed E-state index contributed by atoms with van der Waals surface area (Å²) in [6.45, 7) is 8.19. The van der Waals surface area contributed by atoms with Gasteiger partial charge in [-0.05, 0) is 38.5 Å². The van der Waals surface area contributed by atoms with Gasteiger partial charge in [-0.25, -0.2) is 0 Å². The molecular formula is C13H21ClN4. The molecule has 4 nitrogen and oxygen atoms in total. The number of aromatic nitrogens is 1. The second-order valence-corrected chi connectivity index (χ2v) is 5.31. The molecule has 0 saturated heterocycles. The van der Waals surface area contributed by atoms with Crippen molar-refractivity contribution in [1.82, 2.24) is 15.6 Å². The van der Waals surface area contributed by atoms with E-state index in [1.807, 2.05) is 24.5 Å². The van der Waals surface area contributed by atoms with Crippen molar-refractivity contribution in [3.63, 3.8) is 0 Å². The molecule has 5 heteroatoms. The molecule has 0 aliphatic carbocycles. The zero-order chi connectivity index (χ0) is 12.3. The Labute approximate surface area is 115 Å². The molecule has 18 heavy (non-hydrogen) atoms. The van der Waals surface area contributed by atoms with Crippen LogP contribution in [-0.2, 0) is 0 Å². The van der Waals surface area contributed by atoms with E-state index in [4.69, 9.17) is 0 Å². The smallest absolute Gasteiger partial charge is 0.119 e. The molecule has 1 aromatic heterocycles. The number of pyridine rings is 1. The molecule has 1 unspecified atom stereocenters. The second-order valence-electron chi connectivity index (χ2n) is 5.31. The molecule has 0 saturated carbocycles. The lowest BCUT2D eigenvalue weighted by Gasteiger charge is -2.31. The molecule has 0 bridgehead atoms. The number of hydrogen-bond acceptors (Lipinski definition) is 4. The minimum Gasteiger partial charge on any atom is -0.368 e. The first kappa shape index (κ1) is 14.9. The summed E-state index contributed by atoms with van der Waals surface area (Å²) in [5, 5.41) is 6.96. The summed E-state index contributed by atoms with van der Waals surface area (Å²) >= 11 is 0. The van der Waals surface area contributed by atoms with Gasteiger partial charge in [-0.2, -0.15) is 0 Å². The topological polar surface area (TPSA) is 49.3 Å². The number of nitrogens with one attached hydrogen (secondary N) is 2. The van der Waals surface area contributed by atoms with Crippen LogP contribution >= 0.6 is 12.4 Å². The van der Waals surface area contributed by atoms with Gasteiger partial charge in [0.2, 0.25) is 0 Å². The summed E-state index contributed by atoms with van der Waals surface area (Å²) in [5.74, 6) is 1.02. The first-order valence-electron chi connectivity index (χ1n) is 6.02. The predicted molar refractivity (Wildman–Crippen MR) is 77.4 cm³/mol. The minimum atomic E-state index is 0. The van der Waals surface area contributed by atoms with Crippen LogP contribution in [0.1, 0.15) is 32.4 Å². The van der Waals surface area contributed by atoms with Crippen molar-refractivity contribution in [2.45, 2.75) is 32.4 Å². The standard InChI is InChI=1S/C13H20N4.ClH/c1-13(2,3)17-12-11(15-8-9-16-12)10-4-6-14-7-5-10;/h4-7,11,15H,8-9H2,1-3H3,(H,16,17);1H. The molecule has 100 valence electrons. The van der Waals surface area contributed by atoms with E-state index >= 15 is 0 Å². The van der Waals surface area contributed by atoms with Crippen LogP contribution in [0.2, 0.25) is 0 Å². The predicted octanol–water partition coefficient (Wildman–Crippen LogP) is 1.93. The lowest BCUT2D eigenvalue weighted by molar-refractivity contribution is 0.483. The summed E-state index contributed by atoms with van der Waals surface area (Å²) in [6.07, 6.45) is 3.64. The number of amidine groups is 1. The fourth-order valence-corrected chi connectivity index (χ4v) is 1.90. The van der Waals surface area contributed by atoms with Crippen molar-refractivity contribution in [3.8, 4) is 0 Å². The summed E-state index contributed by atoms with van der Waals surface area (Å²) in [4.78, 5) is 8.65. The molecule has 2 rings (SSSR count). The van der Waals surface area contributed by atoms with E-state index in [0.29, 0.717) is 0 Å². The number of rotatable bonds is 1. The van der Waals surface area contributed by atoms with Crippen molar-refractivity contribution >= 4 is 18.2 Å². The van der Waals surface area contributed by atoms with Crippen LogP contribution in [0.15, 0.2) is 29.5 Å². The highest BCUT2D eigenvalue weighted by Gasteiger charge is 2.24. The Kier molecular flexibility index (Phi) is 5.11. The van der Waals surface area contributed by atoms with E-state index < -0.39 is 0 Å². The maximum atomic E-state index is 4.60. The zero-order valence-corrected chi connectivity index (χ0v) is 11.9. The molecule has 1 aromatic rings. The Morgan fingerprint density at radius 2 is 1.94 bits per heavy atom. The Morgan fingerprint density at radius 1 is 1.28 bits per heavy atom. The average Bonchev–Trinajstić information content (AvgIpc) is 2.29. The Morgan fingerprint density at radius 3 is 2.56 bits per heavy atom. The van der Waals surface area contributed by atoms with Crippen molar-refractivity contribution in [2.75, 3.05) is 13.1 Å². The van der Waals surface area contributed by atoms with Gasteiger partial charge in [-0.1, -0.05) is 0 Å². The highest BCUT2D eigenvalue weighted by Crippen LogP contribution is 2.16. The first-order chi connectivity index (χ1) is 8.06. The molecule has 0 aromatic carbocycles. The van der Waals surface area contributed by atoms with E-state index in [9.17, 15) is 0 Å². The monoisotopic (exact) mass is 268 g/mol. The van der Waals surface area contributed by atoms with Crippen LogP contribution in [-0.4, -0.2) is 29.4 Å². The molecule has 1 atom stereocenters.